The summed E-state index contributed by atoms with van der Waals surface area (Å²) in [6, 6.07) is 0. The smallest absolute Gasteiger partial charge is 0.101 e. The fourth-order valence-electron chi connectivity index (χ4n) is 5.74. The maximum Gasteiger partial charge on any atom is 0.101 e. The van der Waals surface area contributed by atoms with Gasteiger partial charge in [-0.25, -0.2) is 0 Å². The van der Waals surface area contributed by atoms with Gasteiger partial charge in [0.1, 0.15) is 6.10 Å². The van der Waals surface area contributed by atoms with E-state index in [2.05, 4.69) is 41.2 Å². The van der Waals surface area contributed by atoms with Crippen molar-refractivity contribution in [2.75, 3.05) is 0 Å². The Balaban J connectivity index is 2.23. The molecule has 0 amide bonds. The van der Waals surface area contributed by atoms with Gasteiger partial charge in [0.15, 0.2) is 0 Å². The first-order valence-corrected chi connectivity index (χ1v) is 10.6. The zero-order valence-corrected chi connectivity index (χ0v) is 17.9. The van der Waals surface area contributed by atoms with E-state index in [1.165, 1.54) is 33.4 Å². The average Bonchev–Trinajstić information content (AvgIpc) is 2.61. The molecule has 1 aromatic carbocycles. The third kappa shape index (κ3) is 3.21. The van der Waals surface area contributed by atoms with Crippen molar-refractivity contribution in [3.8, 4) is 0 Å². The van der Waals surface area contributed by atoms with Gasteiger partial charge in [0.05, 0.1) is 6.10 Å². The lowest BCUT2D eigenvalue weighted by Crippen LogP contribution is -2.28. The lowest BCUT2D eigenvalue weighted by Gasteiger charge is -2.39. The molecule has 4 unspecified atom stereocenters. The first kappa shape index (κ1) is 20.4. The van der Waals surface area contributed by atoms with Gasteiger partial charge in [-0.1, -0.05) is 32.4 Å². The Bertz CT molecular complexity index is 797. The molecule has 4 atom stereocenters. The summed E-state index contributed by atoms with van der Waals surface area (Å²) in [7, 11) is 0. The Morgan fingerprint density at radius 2 is 1.81 bits per heavy atom. The van der Waals surface area contributed by atoms with E-state index in [4.69, 9.17) is 0 Å². The summed E-state index contributed by atoms with van der Waals surface area (Å²) in [4.78, 5) is 0. The van der Waals surface area contributed by atoms with Gasteiger partial charge in [-0.2, -0.15) is 0 Å². The Kier molecular flexibility index (Phi) is 5.70. The molecule has 0 saturated heterocycles. The fourth-order valence-corrected chi connectivity index (χ4v) is 5.74. The number of hydrogen-bond acceptors (Lipinski definition) is 2. The topological polar surface area (TPSA) is 40.5 Å². The van der Waals surface area contributed by atoms with Crippen molar-refractivity contribution in [1.82, 2.24) is 0 Å². The molecule has 0 spiro atoms. The molecule has 3 rings (SSSR count). The predicted octanol–water partition coefficient (Wildman–Crippen LogP) is 5.61. The number of rotatable bonds is 4. The van der Waals surface area contributed by atoms with Crippen LogP contribution in [0.15, 0.2) is 23.3 Å². The molecule has 2 N–H and O–H groups in total. The van der Waals surface area contributed by atoms with Crippen LogP contribution in [0, 0.1) is 19.8 Å². The standard InChI is InChI=1S/C25H36O2/c1-8-9-20-22(13(2)3)16(6)23-14(4)19-11-10-18(17(7)26)12-21(19)15(5)24(23)25(20)27/h16-18,25-27H,2,8-12H2,1,3-7H3. The molecule has 0 aliphatic heterocycles. The molecule has 2 aliphatic rings. The zero-order valence-electron chi connectivity index (χ0n) is 17.9. The van der Waals surface area contributed by atoms with Crippen LogP contribution in [-0.4, -0.2) is 16.3 Å². The van der Waals surface area contributed by atoms with E-state index in [9.17, 15) is 10.2 Å². The minimum absolute atomic E-state index is 0.275. The number of benzene rings is 1. The van der Waals surface area contributed by atoms with Crippen molar-refractivity contribution in [2.24, 2.45) is 5.92 Å². The quantitative estimate of drug-likeness (QED) is 0.725. The molecule has 0 heterocycles. The molecular weight excluding hydrogens is 332 g/mol. The number of hydrogen-bond donors (Lipinski definition) is 2. The van der Waals surface area contributed by atoms with Crippen LogP contribution in [0.1, 0.15) is 92.4 Å². The summed E-state index contributed by atoms with van der Waals surface area (Å²) in [5, 5.41) is 21.6. The second kappa shape index (κ2) is 7.56. The number of aliphatic hydroxyl groups excluding tert-OH is 2. The van der Waals surface area contributed by atoms with Crippen LogP contribution in [0.25, 0.3) is 0 Å². The van der Waals surface area contributed by atoms with E-state index in [0.29, 0.717) is 5.92 Å². The minimum Gasteiger partial charge on any atom is -0.393 e. The van der Waals surface area contributed by atoms with E-state index in [0.717, 1.165) is 48.8 Å². The van der Waals surface area contributed by atoms with Gasteiger partial charge in [0.25, 0.3) is 0 Å². The van der Waals surface area contributed by atoms with Crippen molar-refractivity contribution in [2.45, 2.75) is 91.8 Å². The van der Waals surface area contributed by atoms with Crippen LogP contribution in [0.4, 0.5) is 0 Å². The van der Waals surface area contributed by atoms with Gasteiger partial charge in [0, 0.05) is 5.92 Å². The number of fused-ring (bicyclic) bond motifs is 2. The molecule has 0 bridgehead atoms. The maximum atomic E-state index is 11.4. The van der Waals surface area contributed by atoms with E-state index >= 15 is 0 Å². The van der Waals surface area contributed by atoms with Crippen LogP contribution in [0.5, 0.6) is 0 Å². The molecule has 0 saturated carbocycles. The third-order valence-electron chi connectivity index (χ3n) is 7.08. The second-order valence-electron chi connectivity index (χ2n) is 8.87. The molecule has 0 radical (unpaired) electrons. The number of allylic oxidation sites excluding steroid dienone is 2. The van der Waals surface area contributed by atoms with Crippen LogP contribution >= 0.6 is 0 Å². The highest BCUT2D eigenvalue weighted by molar-refractivity contribution is 5.62. The summed E-state index contributed by atoms with van der Waals surface area (Å²) in [6.07, 6.45) is 4.14. The van der Waals surface area contributed by atoms with Crippen molar-refractivity contribution in [1.29, 1.82) is 0 Å². The third-order valence-corrected chi connectivity index (χ3v) is 7.08. The first-order chi connectivity index (χ1) is 12.7. The van der Waals surface area contributed by atoms with E-state index in [1.54, 1.807) is 0 Å². The summed E-state index contributed by atoms with van der Waals surface area (Å²) >= 11 is 0. The molecule has 0 fully saturated rings. The molecular formula is C25H36O2. The molecule has 1 aromatic rings. The predicted molar refractivity (Wildman–Crippen MR) is 113 cm³/mol. The van der Waals surface area contributed by atoms with Crippen molar-refractivity contribution in [3.05, 3.63) is 56.7 Å². The molecule has 27 heavy (non-hydrogen) atoms. The summed E-state index contributed by atoms with van der Waals surface area (Å²) in [5.41, 5.74) is 11.4. The Labute approximate surface area is 165 Å². The van der Waals surface area contributed by atoms with E-state index < -0.39 is 6.10 Å². The van der Waals surface area contributed by atoms with Crippen LogP contribution in [0.3, 0.4) is 0 Å². The van der Waals surface area contributed by atoms with E-state index in [1.807, 2.05) is 6.92 Å². The highest BCUT2D eigenvalue weighted by Crippen LogP contribution is 2.50. The lowest BCUT2D eigenvalue weighted by molar-refractivity contribution is 0.116. The SMILES string of the molecule is C=C(C)C1=C(CCC)C(O)c2c(C)c3c(c(C)c2C1C)CCC(C(C)O)C3. The Morgan fingerprint density at radius 3 is 2.37 bits per heavy atom. The highest BCUT2D eigenvalue weighted by atomic mass is 16.3. The van der Waals surface area contributed by atoms with Gasteiger partial charge in [-0.15, -0.1) is 0 Å². The summed E-state index contributed by atoms with van der Waals surface area (Å²) < 4.78 is 0. The second-order valence-corrected chi connectivity index (χ2v) is 8.87. The van der Waals surface area contributed by atoms with Crippen molar-refractivity contribution < 1.29 is 10.2 Å². The van der Waals surface area contributed by atoms with E-state index in [-0.39, 0.29) is 12.0 Å². The van der Waals surface area contributed by atoms with Crippen LogP contribution < -0.4 is 0 Å². The molecule has 2 aliphatic carbocycles. The van der Waals surface area contributed by atoms with Gasteiger partial charge < -0.3 is 10.2 Å². The van der Waals surface area contributed by atoms with Gasteiger partial charge >= 0.3 is 0 Å². The molecule has 2 heteroatoms. The molecule has 148 valence electrons. The largest absolute Gasteiger partial charge is 0.393 e. The Morgan fingerprint density at radius 1 is 1.19 bits per heavy atom. The van der Waals surface area contributed by atoms with Gasteiger partial charge in [-0.05, 0) is 104 Å². The zero-order chi connectivity index (χ0) is 20.0. The first-order valence-electron chi connectivity index (χ1n) is 10.6. The highest BCUT2D eigenvalue weighted by Gasteiger charge is 2.37. The summed E-state index contributed by atoms with van der Waals surface area (Å²) in [5.74, 6) is 0.601. The monoisotopic (exact) mass is 368 g/mol. The van der Waals surface area contributed by atoms with Crippen LogP contribution in [-0.2, 0) is 12.8 Å². The van der Waals surface area contributed by atoms with Crippen molar-refractivity contribution >= 4 is 0 Å². The summed E-state index contributed by atoms with van der Waals surface area (Å²) in [6.45, 7) is 17.1. The minimum atomic E-state index is -0.529. The maximum absolute atomic E-state index is 11.4. The average molecular weight is 369 g/mol. The number of aliphatic hydroxyl groups is 2. The normalized spacial score (nSPS) is 25.9. The Hall–Kier alpha value is -1.38. The van der Waals surface area contributed by atoms with Gasteiger partial charge in [0.2, 0.25) is 0 Å². The van der Waals surface area contributed by atoms with Crippen molar-refractivity contribution in [3.63, 3.8) is 0 Å². The molecule has 2 nitrogen and oxygen atoms in total. The fraction of sp³-hybridized carbons (Fsp3) is 0.600. The van der Waals surface area contributed by atoms with Crippen LogP contribution in [0.2, 0.25) is 0 Å². The molecule has 0 aromatic heterocycles. The lowest BCUT2D eigenvalue weighted by atomic mass is 9.67. The van der Waals surface area contributed by atoms with Gasteiger partial charge in [-0.3, -0.25) is 0 Å².